The number of aliphatic carboxylic acids is 1. The molecule has 1 aliphatic rings. The van der Waals surface area contributed by atoms with Crippen molar-refractivity contribution < 1.29 is 19.5 Å². The minimum Gasteiger partial charge on any atom is -0.481 e. The van der Waals surface area contributed by atoms with Crippen LogP contribution in [-0.2, 0) is 14.4 Å². The summed E-state index contributed by atoms with van der Waals surface area (Å²) in [5, 5.41) is 14.8. The predicted octanol–water partition coefficient (Wildman–Crippen LogP) is 2.89. The van der Waals surface area contributed by atoms with Crippen LogP contribution < -0.4 is 10.6 Å². The van der Waals surface area contributed by atoms with Crippen molar-refractivity contribution in [1.82, 2.24) is 0 Å². The molecular formula is C18H22N2O4. The third-order valence-corrected chi connectivity index (χ3v) is 4.01. The molecule has 24 heavy (non-hydrogen) atoms. The fraction of sp³-hybridized carbons (Fsp3) is 0.389. The number of anilines is 2. The number of rotatable bonds is 5. The molecule has 1 aromatic rings. The Kier molecular flexibility index (Phi) is 5.73. The molecule has 2 atom stereocenters. The van der Waals surface area contributed by atoms with Gasteiger partial charge in [-0.3, -0.25) is 14.4 Å². The van der Waals surface area contributed by atoms with E-state index in [1.54, 1.807) is 44.2 Å². The van der Waals surface area contributed by atoms with Crippen LogP contribution in [0.3, 0.4) is 0 Å². The summed E-state index contributed by atoms with van der Waals surface area (Å²) in [4.78, 5) is 35.5. The van der Waals surface area contributed by atoms with E-state index in [1.165, 1.54) is 0 Å². The summed E-state index contributed by atoms with van der Waals surface area (Å²) >= 11 is 0. The number of nitrogens with one attached hydrogen (secondary N) is 2. The van der Waals surface area contributed by atoms with Gasteiger partial charge in [0.2, 0.25) is 11.8 Å². The zero-order valence-corrected chi connectivity index (χ0v) is 13.8. The van der Waals surface area contributed by atoms with Crippen molar-refractivity contribution in [1.29, 1.82) is 0 Å². The lowest BCUT2D eigenvalue weighted by atomic mass is 9.82. The molecule has 0 saturated heterocycles. The van der Waals surface area contributed by atoms with Gasteiger partial charge in [-0.15, -0.1) is 0 Å². The fourth-order valence-electron chi connectivity index (χ4n) is 2.57. The molecule has 0 radical (unpaired) electrons. The van der Waals surface area contributed by atoms with Gasteiger partial charge in [-0.2, -0.15) is 0 Å². The molecule has 6 heteroatoms. The SMILES string of the molecule is CC(C)C(=O)Nc1cccc(NC(=O)[C@H]2CC=CC[C@H]2C(=O)O)c1. The van der Waals surface area contributed by atoms with Gasteiger partial charge in [0.05, 0.1) is 11.8 Å². The summed E-state index contributed by atoms with van der Waals surface area (Å²) in [7, 11) is 0. The summed E-state index contributed by atoms with van der Waals surface area (Å²) in [6.07, 6.45) is 4.40. The Morgan fingerprint density at radius 2 is 1.62 bits per heavy atom. The number of carbonyl (C=O) groups is 3. The summed E-state index contributed by atoms with van der Waals surface area (Å²) in [5.74, 6) is -2.84. The van der Waals surface area contributed by atoms with Crippen molar-refractivity contribution in [3.05, 3.63) is 36.4 Å². The van der Waals surface area contributed by atoms with Crippen LogP contribution in [0.4, 0.5) is 11.4 Å². The molecule has 6 nitrogen and oxygen atoms in total. The second kappa shape index (κ2) is 7.77. The van der Waals surface area contributed by atoms with Crippen molar-refractivity contribution in [2.75, 3.05) is 10.6 Å². The van der Waals surface area contributed by atoms with Gasteiger partial charge in [-0.05, 0) is 31.0 Å². The van der Waals surface area contributed by atoms with Gasteiger partial charge in [-0.1, -0.05) is 32.1 Å². The number of carbonyl (C=O) groups excluding carboxylic acids is 2. The van der Waals surface area contributed by atoms with E-state index < -0.39 is 17.8 Å². The first-order valence-electron chi connectivity index (χ1n) is 7.98. The summed E-state index contributed by atoms with van der Waals surface area (Å²) in [6.45, 7) is 3.59. The topological polar surface area (TPSA) is 95.5 Å². The van der Waals surface area contributed by atoms with Crippen LogP contribution in [0.25, 0.3) is 0 Å². The van der Waals surface area contributed by atoms with E-state index in [4.69, 9.17) is 0 Å². The van der Waals surface area contributed by atoms with Gasteiger partial charge in [0.25, 0.3) is 0 Å². The highest BCUT2D eigenvalue weighted by atomic mass is 16.4. The van der Waals surface area contributed by atoms with Crippen molar-refractivity contribution in [2.24, 2.45) is 17.8 Å². The quantitative estimate of drug-likeness (QED) is 0.723. The van der Waals surface area contributed by atoms with Crippen LogP contribution in [0.5, 0.6) is 0 Å². The zero-order chi connectivity index (χ0) is 17.7. The molecule has 0 saturated carbocycles. The summed E-state index contributed by atoms with van der Waals surface area (Å²) in [6, 6.07) is 6.82. The monoisotopic (exact) mass is 330 g/mol. The molecule has 0 fully saturated rings. The van der Waals surface area contributed by atoms with Crippen molar-refractivity contribution in [2.45, 2.75) is 26.7 Å². The highest BCUT2D eigenvalue weighted by Crippen LogP contribution is 2.27. The van der Waals surface area contributed by atoms with Gasteiger partial charge in [0, 0.05) is 17.3 Å². The number of carboxylic acids is 1. The molecular weight excluding hydrogens is 308 g/mol. The molecule has 0 aliphatic heterocycles. The first-order valence-corrected chi connectivity index (χ1v) is 7.98. The number of benzene rings is 1. The zero-order valence-electron chi connectivity index (χ0n) is 13.8. The lowest BCUT2D eigenvalue weighted by Gasteiger charge is -2.24. The molecule has 3 N–H and O–H groups in total. The predicted molar refractivity (Wildman–Crippen MR) is 91.5 cm³/mol. The van der Waals surface area contributed by atoms with Crippen LogP contribution >= 0.6 is 0 Å². The number of carboxylic acid groups (broad SMARTS) is 1. The fourth-order valence-corrected chi connectivity index (χ4v) is 2.57. The third-order valence-electron chi connectivity index (χ3n) is 4.01. The first kappa shape index (κ1) is 17.7. The lowest BCUT2D eigenvalue weighted by Crippen LogP contribution is -2.34. The van der Waals surface area contributed by atoms with Crippen LogP contribution in [0, 0.1) is 17.8 Å². The summed E-state index contributed by atoms with van der Waals surface area (Å²) < 4.78 is 0. The molecule has 2 rings (SSSR count). The highest BCUT2D eigenvalue weighted by Gasteiger charge is 2.33. The molecule has 1 aromatic carbocycles. The number of hydrogen-bond donors (Lipinski definition) is 3. The van der Waals surface area contributed by atoms with E-state index in [0.717, 1.165) is 0 Å². The Morgan fingerprint density at radius 3 is 2.21 bits per heavy atom. The smallest absolute Gasteiger partial charge is 0.307 e. The Bertz CT molecular complexity index is 667. The Labute approximate surface area is 140 Å². The Hall–Kier alpha value is -2.63. The molecule has 128 valence electrons. The van der Waals surface area contributed by atoms with Crippen molar-refractivity contribution in [3.8, 4) is 0 Å². The lowest BCUT2D eigenvalue weighted by molar-refractivity contribution is -0.146. The number of hydrogen-bond acceptors (Lipinski definition) is 3. The molecule has 0 spiro atoms. The minimum atomic E-state index is -0.961. The second-order valence-corrected chi connectivity index (χ2v) is 6.21. The van der Waals surface area contributed by atoms with E-state index >= 15 is 0 Å². The maximum Gasteiger partial charge on any atom is 0.307 e. The largest absolute Gasteiger partial charge is 0.481 e. The Morgan fingerprint density at radius 1 is 1.04 bits per heavy atom. The van der Waals surface area contributed by atoms with Crippen molar-refractivity contribution >= 4 is 29.2 Å². The van der Waals surface area contributed by atoms with E-state index in [9.17, 15) is 19.5 Å². The molecule has 0 unspecified atom stereocenters. The van der Waals surface area contributed by atoms with Gasteiger partial charge < -0.3 is 15.7 Å². The average Bonchev–Trinajstić information content (AvgIpc) is 2.55. The molecule has 2 amide bonds. The van der Waals surface area contributed by atoms with Crippen LogP contribution in [0.15, 0.2) is 36.4 Å². The van der Waals surface area contributed by atoms with E-state index in [0.29, 0.717) is 24.2 Å². The maximum atomic E-state index is 12.4. The van der Waals surface area contributed by atoms with Gasteiger partial charge in [-0.25, -0.2) is 0 Å². The van der Waals surface area contributed by atoms with E-state index in [1.807, 2.05) is 6.08 Å². The summed E-state index contributed by atoms with van der Waals surface area (Å²) in [5.41, 5.74) is 1.12. The number of amides is 2. The van der Waals surface area contributed by atoms with Crippen LogP contribution in [0.2, 0.25) is 0 Å². The second-order valence-electron chi connectivity index (χ2n) is 6.21. The maximum absolute atomic E-state index is 12.4. The average molecular weight is 330 g/mol. The number of allylic oxidation sites excluding steroid dienone is 2. The van der Waals surface area contributed by atoms with Gasteiger partial charge >= 0.3 is 5.97 Å². The minimum absolute atomic E-state index is 0.109. The molecule has 1 aliphatic carbocycles. The van der Waals surface area contributed by atoms with Crippen LogP contribution in [-0.4, -0.2) is 22.9 Å². The molecule has 0 aromatic heterocycles. The van der Waals surface area contributed by atoms with E-state index in [2.05, 4.69) is 10.6 Å². The van der Waals surface area contributed by atoms with Crippen LogP contribution in [0.1, 0.15) is 26.7 Å². The van der Waals surface area contributed by atoms with Gasteiger partial charge in [0.15, 0.2) is 0 Å². The molecule has 0 bridgehead atoms. The third kappa shape index (κ3) is 4.44. The molecule has 0 heterocycles. The Balaban J connectivity index is 2.07. The van der Waals surface area contributed by atoms with Gasteiger partial charge in [0.1, 0.15) is 0 Å². The normalized spacial score (nSPS) is 19.8. The standard InChI is InChI=1S/C18H22N2O4/c1-11(2)16(21)19-12-6-5-7-13(10-12)20-17(22)14-8-3-4-9-15(14)18(23)24/h3-7,10-11,14-15H,8-9H2,1-2H3,(H,19,21)(H,20,22)(H,23,24)/t14-,15+/m0/s1. The first-order chi connectivity index (χ1) is 11.4. The van der Waals surface area contributed by atoms with E-state index in [-0.39, 0.29) is 17.7 Å². The van der Waals surface area contributed by atoms with Crippen molar-refractivity contribution in [3.63, 3.8) is 0 Å². The highest BCUT2D eigenvalue weighted by molar-refractivity contribution is 5.97.